The van der Waals surface area contributed by atoms with Crippen LogP contribution in [0.2, 0.25) is 0 Å². The third-order valence-corrected chi connectivity index (χ3v) is 6.98. The maximum absolute atomic E-state index is 11.2. The average molecular weight is 548 g/mol. The number of amides is 1. The van der Waals surface area contributed by atoms with Crippen LogP contribution in [-0.2, 0) is 9.53 Å². The predicted molar refractivity (Wildman–Crippen MR) is 157 cm³/mol. The molecular formula is C32H41N3O5. The SMILES string of the molecule is COc1ccc(C(CN(C)C)C2(O)CCCCC2)cc1.NC1=NC(=O)C(c2ccccc2)O1.Oc1ccccc1. The molecule has 1 saturated carbocycles. The molecule has 0 bridgehead atoms. The van der Waals surface area contributed by atoms with Crippen LogP contribution in [0.15, 0.2) is 89.9 Å². The number of ether oxygens (including phenoxy) is 2. The van der Waals surface area contributed by atoms with E-state index in [-0.39, 0.29) is 17.8 Å². The molecule has 2 aliphatic rings. The molecule has 3 aromatic rings. The van der Waals surface area contributed by atoms with Crippen molar-refractivity contribution in [1.29, 1.82) is 0 Å². The normalized spacial score (nSPS) is 18.3. The van der Waals surface area contributed by atoms with E-state index in [1.807, 2.05) is 36.4 Å². The smallest absolute Gasteiger partial charge is 0.296 e. The van der Waals surface area contributed by atoms with Gasteiger partial charge in [-0.1, -0.05) is 79.9 Å². The first kappa shape index (κ1) is 30.7. The third kappa shape index (κ3) is 9.10. The zero-order valence-corrected chi connectivity index (χ0v) is 23.6. The second-order valence-corrected chi connectivity index (χ2v) is 10.3. The van der Waals surface area contributed by atoms with Gasteiger partial charge in [0.25, 0.3) is 11.9 Å². The molecule has 1 heterocycles. The van der Waals surface area contributed by atoms with Crippen molar-refractivity contribution in [1.82, 2.24) is 4.90 Å². The second kappa shape index (κ2) is 15.1. The van der Waals surface area contributed by atoms with Crippen LogP contribution in [0.1, 0.15) is 55.3 Å². The maximum atomic E-state index is 11.2. The number of nitrogens with zero attached hydrogens (tertiary/aromatic N) is 2. The first-order valence-corrected chi connectivity index (χ1v) is 13.6. The number of aliphatic hydroxyl groups is 1. The molecule has 8 nitrogen and oxygen atoms in total. The molecule has 40 heavy (non-hydrogen) atoms. The fraction of sp³-hybridized carbons (Fsp3) is 0.375. The Morgan fingerprint density at radius 2 is 1.55 bits per heavy atom. The number of hydrogen-bond acceptors (Lipinski definition) is 7. The number of nitrogens with two attached hydrogens (primary N) is 1. The van der Waals surface area contributed by atoms with E-state index in [9.17, 15) is 9.90 Å². The molecule has 1 fully saturated rings. The summed E-state index contributed by atoms with van der Waals surface area (Å²) in [6.45, 7) is 0.878. The van der Waals surface area contributed by atoms with Gasteiger partial charge in [-0.05, 0) is 56.8 Å². The third-order valence-electron chi connectivity index (χ3n) is 6.98. The zero-order chi connectivity index (χ0) is 29.0. The summed E-state index contributed by atoms with van der Waals surface area (Å²) < 4.78 is 10.3. The summed E-state index contributed by atoms with van der Waals surface area (Å²) in [6.07, 6.45) is 4.70. The summed E-state index contributed by atoms with van der Waals surface area (Å²) >= 11 is 0. The average Bonchev–Trinajstić information content (AvgIpc) is 3.31. The minimum atomic E-state index is -0.652. The lowest BCUT2D eigenvalue weighted by Crippen LogP contribution is -2.42. The molecule has 214 valence electrons. The Labute approximate surface area is 237 Å². The molecule has 3 aromatic carbocycles. The van der Waals surface area contributed by atoms with E-state index in [4.69, 9.17) is 20.3 Å². The number of aliphatic imine (C=N–C) groups is 1. The molecule has 1 aliphatic carbocycles. The van der Waals surface area contributed by atoms with Crippen molar-refractivity contribution < 1.29 is 24.5 Å². The fourth-order valence-corrected chi connectivity index (χ4v) is 4.93. The molecule has 0 saturated heterocycles. The highest BCUT2D eigenvalue weighted by Crippen LogP contribution is 2.40. The fourth-order valence-electron chi connectivity index (χ4n) is 4.93. The highest BCUT2D eigenvalue weighted by atomic mass is 16.5. The van der Waals surface area contributed by atoms with Crippen molar-refractivity contribution in [3.8, 4) is 11.5 Å². The van der Waals surface area contributed by atoms with Crippen molar-refractivity contribution >= 4 is 11.9 Å². The lowest BCUT2D eigenvalue weighted by atomic mass is 9.72. The molecule has 2 unspecified atom stereocenters. The largest absolute Gasteiger partial charge is 0.508 e. The Morgan fingerprint density at radius 3 is 2.00 bits per heavy atom. The van der Waals surface area contributed by atoms with Crippen LogP contribution in [0.25, 0.3) is 0 Å². The van der Waals surface area contributed by atoms with Gasteiger partial charge >= 0.3 is 0 Å². The van der Waals surface area contributed by atoms with Gasteiger partial charge in [0.2, 0.25) is 6.10 Å². The van der Waals surface area contributed by atoms with Gasteiger partial charge in [-0.3, -0.25) is 4.79 Å². The molecular weight excluding hydrogens is 506 g/mol. The zero-order valence-electron chi connectivity index (χ0n) is 23.6. The topological polar surface area (TPSA) is 118 Å². The Morgan fingerprint density at radius 1 is 0.975 bits per heavy atom. The molecule has 2 atom stereocenters. The summed E-state index contributed by atoms with van der Waals surface area (Å²) in [5.41, 5.74) is 6.69. The number of aromatic hydroxyl groups is 1. The number of phenols is 1. The van der Waals surface area contributed by atoms with Crippen molar-refractivity contribution in [3.05, 3.63) is 96.1 Å². The van der Waals surface area contributed by atoms with Crippen LogP contribution in [0.5, 0.6) is 11.5 Å². The van der Waals surface area contributed by atoms with Crippen LogP contribution < -0.4 is 10.5 Å². The van der Waals surface area contributed by atoms with Gasteiger partial charge in [-0.15, -0.1) is 0 Å². The molecule has 1 amide bonds. The van der Waals surface area contributed by atoms with E-state index < -0.39 is 11.7 Å². The van der Waals surface area contributed by atoms with Gasteiger partial charge in [-0.2, -0.15) is 4.99 Å². The van der Waals surface area contributed by atoms with Gasteiger partial charge in [0.1, 0.15) is 11.5 Å². The summed E-state index contributed by atoms with van der Waals surface area (Å²) in [5, 5.41) is 19.7. The molecule has 0 radical (unpaired) electrons. The Bertz CT molecular complexity index is 1190. The van der Waals surface area contributed by atoms with Crippen molar-refractivity contribution in [2.45, 2.75) is 49.7 Å². The number of phenolic OH excluding ortho intramolecular Hbond substituents is 1. The maximum Gasteiger partial charge on any atom is 0.296 e. The lowest BCUT2D eigenvalue weighted by molar-refractivity contribution is -0.122. The predicted octanol–water partition coefficient (Wildman–Crippen LogP) is 5.03. The van der Waals surface area contributed by atoms with Crippen molar-refractivity contribution in [2.75, 3.05) is 27.7 Å². The van der Waals surface area contributed by atoms with E-state index in [1.54, 1.807) is 43.5 Å². The number of amidine groups is 1. The molecule has 4 N–H and O–H groups in total. The highest BCUT2D eigenvalue weighted by molar-refractivity contribution is 5.98. The number of hydrogen-bond donors (Lipinski definition) is 3. The van der Waals surface area contributed by atoms with Gasteiger partial charge in [0.15, 0.2) is 0 Å². The Balaban J connectivity index is 0.000000187. The number of benzene rings is 3. The van der Waals surface area contributed by atoms with E-state index in [0.29, 0.717) is 5.75 Å². The standard InChI is InChI=1S/C17H27NO2.C9H8N2O2.C6H6O/c1-18(2)13-16(17(19)11-5-4-6-12-17)14-7-9-15(20-3)10-8-14;10-9-11-8(12)7(13-9)6-4-2-1-3-5-6;7-6-4-2-1-3-5-6/h7-10,16,19H,4-6,11-13H2,1-3H3;1-5,7H,(H2,10,11,12);1-5,7H. The minimum Gasteiger partial charge on any atom is -0.508 e. The van der Waals surface area contributed by atoms with Crippen LogP contribution in [0, 0.1) is 0 Å². The first-order valence-electron chi connectivity index (χ1n) is 13.6. The first-order chi connectivity index (χ1) is 19.2. The number of methoxy groups -OCH3 is 1. The number of carbonyl (C=O) groups excluding carboxylic acids is 1. The van der Waals surface area contributed by atoms with Crippen molar-refractivity contribution in [3.63, 3.8) is 0 Å². The second-order valence-electron chi connectivity index (χ2n) is 10.3. The quantitative estimate of drug-likeness (QED) is 0.396. The van der Waals surface area contributed by atoms with Crippen LogP contribution in [0.3, 0.4) is 0 Å². The summed E-state index contributed by atoms with van der Waals surface area (Å²) in [5.74, 6) is 1.02. The Kier molecular flexibility index (Phi) is 11.5. The van der Waals surface area contributed by atoms with Gasteiger partial charge in [-0.25, -0.2) is 0 Å². The number of carbonyl (C=O) groups is 1. The summed E-state index contributed by atoms with van der Waals surface area (Å²) in [4.78, 5) is 16.8. The van der Waals surface area contributed by atoms with Crippen molar-refractivity contribution in [2.24, 2.45) is 10.7 Å². The van der Waals surface area contributed by atoms with Gasteiger partial charge < -0.3 is 30.3 Å². The van der Waals surface area contributed by atoms with Gasteiger partial charge in [0, 0.05) is 18.0 Å². The minimum absolute atomic E-state index is 0.0566. The molecule has 8 heteroatoms. The monoisotopic (exact) mass is 547 g/mol. The molecule has 5 rings (SSSR count). The lowest BCUT2D eigenvalue weighted by Gasteiger charge is -2.40. The van der Waals surface area contributed by atoms with Crippen LogP contribution >= 0.6 is 0 Å². The van der Waals surface area contributed by atoms with E-state index in [1.165, 1.54) is 12.0 Å². The number of rotatable bonds is 6. The summed E-state index contributed by atoms with van der Waals surface area (Å²) in [7, 11) is 5.83. The van der Waals surface area contributed by atoms with Crippen LogP contribution in [0.4, 0.5) is 0 Å². The van der Waals surface area contributed by atoms with E-state index >= 15 is 0 Å². The Hall–Kier alpha value is -3.88. The van der Waals surface area contributed by atoms with E-state index in [0.717, 1.165) is 43.5 Å². The molecule has 0 aromatic heterocycles. The number of para-hydroxylation sites is 1. The molecule has 1 aliphatic heterocycles. The summed E-state index contributed by atoms with van der Waals surface area (Å²) in [6, 6.07) is 26.0. The van der Waals surface area contributed by atoms with Gasteiger partial charge in [0.05, 0.1) is 12.7 Å². The number of likely N-dealkylation sites (N-methyl/N-ethyl adjacent to an activating group) is 1. The highest BCUT2D eigenvalue weighted by Gasteiger charge is 2.38. The van der Waals surface area contributed by atoms with E-state index in [2.05, 4.69) is 36.1 Å². The molecule has 0 spiro atoms. The van der Waals surface area contributed by atoms with Crippen LogP contribution in [-0.4, -0.2) is 60.4 Å².